The molecule has 132 valence electrons. The maximum Gasteiger partial charge on any atom is 0.416 e. The van der Waals surface area contributed by atoms with Crippen LogP contribution in [0.5, 0.6) is 5.75 Å². The molecule has 0 bridgehead atoms. The Labute approximate surface area is 137 Å². The van der Waals surface area contributed by atoms with E-state index in [0.717, 1.165) is 24.6 Å². The smallest absolute Gasteiger partial charge is 0.416 e. The lowest BCUT2D eigenvalue weighted by atomic mass is 9.90. The van der Waals surface area contributed by atoms with Gasteiger partial charge in [-0.05, 0) is 31.0 Å². The molecule has 4 N–H and O–H groups in total. The maximum atomic E-state index is 12.8. The van der Waals surface area contributed by atoms with E-state index < -0.39 is 17.3 Å². The molecular formula is C16H19F3N2O3. The van der Waals surface area contributed by atoms with Crippen LogP contribution in [0.25, 0.3) is 0 Å². The van der Waals surface area contributed by atoms with Crippen molar-refractivity contribution >= 4 is 5.91 Å². The summed E-state index contributed by atoms with van der Waals surface area (Å²) < 4.78 is 43.9. The van der Waals surface area contributed by atoms with E-state index >= 15 is 0 Å². The van der Waals surface area contributed by atoms with Gasteiger partial charge in [-0.2, -0.15) is 13.2 Å². The lowest BCUT2D eigenvalue weighted by Gasteiger charge is -2.27. The van der Waals surface area contributed by atoms with Gasteiger partial charge in [-0.15, -0.1) is 0 Å². The monoisotopic (exact) mass is 344 g/mol. The maximum absolute atomic E-state index is 12.8. The van der Waals surface area contributed by atoms with E-state index in [1.807, 2.05) is 0 Å². The number of benzene rings is 1. The van der Waals surface area contributed by atoms with Crippen LogP contribution in [0.1, 0.15) is 30.4 Å². The molecule has 5 nitrogen and oxygen atoms in total. The van der Waals surface area contributed by atoms with Gasteiger partial charge in [0.25, 0.3) is 5.91 Å². The molecule has 0 aromatic heterocycles. The van der Waals surface area contributed by atoms with Crippen LogP contribution in [0.2, 0.25) is 0 Å². The summed E-state index contributed by atoms with van der Waals surface area (Å²) in [6, 6.07) is 2.48. The number of amides is 1. The molecule has 1 aliphatic heterocycles. The number of hydrogen-bond acceptors (Lipinski definition) is 4. The van der Waals surface area contributed by atoms with Gasteiger partial charge < -0.3 is 20.9 Å². The van der Waals surface area contributed by atoms with Crippen LogP contribution in [0.4, 0.5) is 13.2 Å². The molecule has 1 saturated carbocycles. The lowest BCUT2D eigenvalue weighted by molar-refractivity contribution is -0.143. The summed E-state index contributed by atoms with van der Waals surface area (Å²) in [7, 11) is 0. The Morgan fingerprint density at radius 2 is 2.21 bits per heavy atom. The molecule has 1 aliphatic carbocycles. The lowest BCUT2D eigenvalue weighted by Crippen LogP contribution is -2.48. The first-order valence-corrected chi connectivity index (χ1v) is 7.79. The van der Waals surface area contributed by atoms with Crippen LogP contribution >= 0.6 is 0 Å². The number of fused-ring (bicyclic) bond motifs is 1. The fraction of sp³-hybridized carbons (Fsp3) is 0.562. The minimum absolute atomic E-state index is 0.00594. The van der Waals surface area contributed by atoms with Crippen LogP contribution in [-0.2, 0) is 22.3 Å². The fourth-order valence-corrected chi connectivity index (χ4v) is 3.68. The number of carbonyl (C=O) groups excluding carboxylic acids is 1. The van der Waals surface area contributed by atoms with Crippen LogP contribution in [0.3, 0.4) is 0 Å². The predicted molar refractivity (Wildman–Crippen MR) is 79.0 cm³/mol. The van der Waals surface area contributed by atoms with Gasteiger partial charge in [-0.25, -0.2) is 0 Å². The fourth-order valence-electron chi connectivity index (χ4n) is 3.68. The number of rotatable bonds is 3. The number of phenolic OH excluding ortho intramolecular Hbond substituents is 1. The average molecular weight is 344 g/mol. The van der Waals surface area contributed by atoms with Crippen molar-refractivity contribution < 1.29 is 27.8 Å². The third kappa shape index (κ3) is 2.95. The van der Waals surface area contributed by atoms with Crippen molar-refractivity contribution in [2.24, 2.45) is 11.7 Å². The van der Waals surface area contributed by atoms with Gasteiger partial charge >= 0.3 is 6.18 Å². The highest BCUT2D eigenvalue weighted by atomic mass is 19.4. The number of alkyl halides is 3. The van der Waals surface area contributed by atoms with Crippen LogP contribution < -0.4 is 11.1 Å². The molecule has 0 radical (unpaired) electrons. The number of nitrogens with one attached hydrogen (secondary N) is 1. The molecule has 8 heteroatoms. The van der Waals surface area contributed by atoms with Crippen molar-refractivity contribution in [2.45, 2.75) is 43.6 Å². The normalized spacial score (nSPS) is 29.5. The molecular weight excluding hydrogens is 325 g/mol. The Bertz CT molecular complexity index is 650. The zero-order valence-corrected chi connectivity index (χ0v) is 12.9. The largest absolute Gasteiger partial charge is 0.508 e. The highest BCUT2D eigenvalue weighted by molar-refractivity contribution is 5.86. The number of ether oxygens (including phenoxy) is 1. The summed E-state index contributed by atoms with van der Waals surface area (Å²) in [5.41, 5.74) is 4.06. The minimum Gasteiger partial charge on any atom is -0.508 e. The quantitative estimate of drug-likeness (QED) is 0.782. The third-order valence-electron chi connectivity index (χ3n) is 4.87. The minimum atomic E-state index is -4.51. The highest BCUT2D eigenvalue weighted by Crippen LogP contribution is 2.45. The van der Waals surface area contributed by atoms with E-state index in [9.17, 15) is 23.1 Å². The molecule has 1 saturated heterocycles. The number of carbonyl (C=O) groups is 1. The van der Waals surface area contributed by atoms with E-state index in [1.54, 1.807) is 0 Å². The molecule has 24 heavy (non-hydrogen) atoms. The van der Waals surface area contributed by atoms with Gasteiger partial charge in [-0.1, -0.05) is 0 Å². The highest BCUT2D eigenvalue weighted by Gasteiger charge is 2.55. The SMILES string of the molecule is N[C@H]1C[C@@H]2CCO[C@@]2(C(=O)NCc2cc(C(F)(F)F)ccc2O)C1. The van der Waals surface area contributed by atoms with Crippen molar-refractivity contribution in [1.82, 2.24) is 5.32 Å². The molecule has 2 fully saturated rings. The summed E-state index contributed by atoms with van der Waals surface area (Å²) in [6.07, 6.45) is -2.67. The number of hydrogen-bond donors (Lipinski definition) is 3. The van der Waals surface area contributed by atoms with Crippen molar-refractivity contribution in [3.05, 3.63) is 29.3 Å². The molecule has 1 aromatic rings. The van der Waals surface area contributed by atoms with Gasteiger partial charge in [0.2, 0.25) is 0 Å². The Hall–Kier alpha value is -1.80. The predicted octanol–water partition coefficient (Wildman–Crippen LogP) is 1.92. The molecule has 2 aliphatic rings. The first-order chi connectivity index (χ1) is 11.2. The van der Waals surface area contributed by atoms with Gasteiger partial charge in [0.15, 0.2) is 5.60 Å². The molecule has 1 aromatic carbocycles. The third-order valence-corrected chi connectivity index (χ3v) is 4.87. The van der Waals surface area contributed by atoms with Gasteiger partial charge in [0.05, 0.1) is 5.56 Å². The number of aromatic hydroxyl groups is 1. The Kier molecular flexibility index (Phi) is 4.21. The second-order valence-electron chi connectivity index (χ2n) is 6.45. The van der Waals surface area contributed by atoms with E-state index in [2.05, 4.69) is 5.32 Å². The van der Waals surface area contributed by atoms with Crippen molar-refractivity contribution in [2.75, 3.05) is 6.61 Å². The summed E-state index contributed by atoms with van der Waals surface area (Å²) >= 11 is 0. The van der Waals surface area contributed by atoms with Crippen LogP contribution in [0.15, 0.2) is 18.2 Å². The van der Waals surface area contributed by atoms with Gasteiger partial charge in [0.1, 0.15) is 5.75 Å². The molecule has 0 unspecified atom stereocenters. The standard InChI is InChI=1S/C16H19F3N2O3/c17-16(18,19)11-1-2-13(22)9(5-11)8-21-14(23)15-7-12(20)6-10(15)3-4-24-15/h1-2,5,10,12,22H,3-4,6-8,20H2,(H,21,23)/t10-,12-,15-/m0/s1. The first-order valence-electron chi connectivity index (χ1n) is 7.79. The van der Waals surface area contributed by atoms with Crippen molar-refractivity contribution in [3.8, 4) is 5.75 Å². The Morgan fingerprint density at radius 1 is 1.46 bits per heavy atom. The molecule has 1 amide bonds. The summed E-state index contributed by atoms with van der Waals surface area (Å²) in [4.78, 5) is 12.6. The number of phenols is 1. The number of nitrogens with two attached hydrogens (primary N) is 1. The van der Waals surface area contributed by atoms with Crippen molar-refractivity contribution in [1.29, 1.82) is 0 Å². The van der Waals surface area contributed by atoms with E-state index in [-0.39, 0.29) is 35.7 Å². The van der Waals surface area contributed by atoms with E-state index in [1.165, 1.54) is 0 Å². The first kappa shape index (κ1) is 17.0. The summed E-state index contributed by atoms with van der Waals surface area (Å²) in [6.45, 7) is 0.265. The zero-order chi connectivity index (χ0) is 17.5. The second kappa shape index (κ2) is 5.93. The van der Waals surface area contributed by atoms with Crippen LogP contribution in [0, 0.1) is 5.92 Å². The molecule has 0 spiro atoms. The topological polar surface area (TPSA) is 84.6 Å². The zero-order valence-electron chi connectivity index (χ0n) is 12.9. The van der Waals surface area contributed by atoms with Crippen molar-refractivity contribution in [3.63, 3.8) is 0 Å². The molecule has 1 heterocycles. The second-order valence-corrected chi connectivity index (χ2v) is 6.45. The summed E-state index contributed by atoms with van der Waals surface area (Å²) in [5.74, 6) is -0.648. The molecule has 3 rings (SSSR count). The van der Waals surface area contributed by atoms with E-state index in [0.29, 0.717) is 19.4 Å². The van der Waals surface area contributed by atoms with Crippen LogP contribution in [-0.4, -0.2) is 29.3 Å². The van der Waals surface area contributed by atoms with E-state index in [4.69, 9.17) is 10.5 Å². The Morgan fingerprint density at radius 3 is 2.92 bits per heavy atom. The average Bonchev–Trinajstić information content (AvgIpc) is 3.01. The number of halogens is 3. The van der Waals surface area contributed by atoms with Gasteiger partial charge in [-0.3, -0.25) is 4.79 Å². The molecule has 3 atom stereocenters. The Balaban J connectivity index is 1.73. The summed E-state index contributed by atoms with van der Waals surface area (Å²) in [5, 5.41) is 12.3. The van der Waals surface area contributed by atoms with Gasteiger partial charge in [0, 0.05) is 37.1 Å².